The van der Waals surface area contributed by atoms with E-state index < -0.39 is 36.4 Å². The number of methoxy groups -OCH3 is 1. The van der Waals surface area contributed by atoms with Crippen LogP contribution in [0.15, 0.2) is 59.8 Å². The molecular formula is C40H43F3N8O5. The smallest absolute Gasteiger partial charge is 0.329 e. The number of hydrogen-bond donors (Lipinski definition) is 2. The first-order valence-electron chi connectivity index (χ1n) is 19.0. The molecule has 1 unspecified atom stereocenters. The van der Waals surface area contributed by atoms with Gasteiger partial charge in [0, 0.05) is 68.1 Å². The van der Waals surface area contributed by atoms with E-state index in [0.29, 0.717) is 46.9 Å². The monoisotopic (exact) mass is 772 g/mol. The Labute approximate surface area is 319 Å². The highest BCUT2D eigenvalue weighted by Gasteiger charge is 2.36. The Bertz CT molecular complexity index is 2380. The molecule has 0 bridgehead atoms. The molecule has 3 atom stereocenters. The number of halogens is 3. The van der Waals surface area contributed by atoms with Gasteiger partial charge in [-0.3, -0.25) is 38.5 Å². The van der Waals surface area contributed by atoms with Gasteiger partial charge < -0.3 is 15.0 Å². The number of fused-ring (bicyclic) bond motifs is 2. The van der Waals surface area contributed by atoms with E-state index in [1.54, 1.807) is 25.2 Å². The number of para-hydroxylation sites is 1. The number of piperidine rings is 2. The predicted octanol–water partition coefficient (Wildman–Crippen LogP) is 5.82. The Morgan fingerprint density at radius 2 is 1.86 bits per heavy atom. The van der Waals surface area contributed by atoms with Gasteiger partial charge in [-0.05, 0) is 74.8 Å². The van der Waals surface area contributed by atoms with E-state index >= 15 is 4.39 Å². The molecule has 2 aliphatic heterocycles. The van der Waals surface area contributed by atoms with Crippen LogP contribution in [0.25, 0.3) is 21.9 Å². The summed E-state index contributed by atoms with van der Waals surface area (Å²) in [6.45, 7) is 1.82. The number of amides is 3. The van der Waals surface area contributed by atoms with Crippen molar-refractivity contribution in [3.05, 3.63) is 82.2 Å². The maximum atomic E-state index is 16.1. The molecule has 0 spiro atoms. The third-order valence-electron chi connectivity index (χ3n) is 11.8. The first-order valence-corrected chi connectivity index (χ1v) is 19.0. The first-order chi connectivity index (χ1) is 27.0. The number of carbonyl (C=O) groups is 3. The summed E-state index contributed by atoms with van der Waals surface area (Å²) in [4.78, 5) is 56.8. The van der Waals surface area contributed by atoms with Crippen LogP contribution >= 0.6 is 0 Å². The van der Waals surface area contributed by atoms with E-state index in [4.69, 9.17) is 9.84 Å². The number of carbonyl (C=O) groups excluding carboxylic acids is 3. The zero-order valence-corrected chi connectivity index (χ0v) is 31.1. The highest BCUT2D eigenvalue weighted by molar-refractivity contribution is 6.06. The van der Waals surface area contributed by atoms with E-state index in [1.807, 2.05) is 23.0 Å². The van der Waals surface area contributed by atoms with Crippen LogP contribution in [0.4, 0.5) is 18.9 Å². The fourth-order valence-electron chi connectivity index (χ4n) is 8.86. The molecule has 3 amide bonds. The minimum absolute atomic E-state index is 0.00813. The number of nitrogens with one attached hydrogen (secondary N) is 2. The van der Waals surface area contributed by atoms with Crippen molar-refractivity contribution < 1.29 is 32.3 Å². The van der Waals surface area contributed by atoms with E-state index in [-0.39, 0.29) is 41.6 Å². The summed E-state index contributed by atoms with van der Waals surface area (Å²) in [6, 6.07) is 9.46. The minimum atomic E-state index is -2.75. The van der Waals surface area contributed by atoms with Gasteiger partial charge in [-0.25, -0.2) is 18.0 Å². The third-order valence-corrected chi connectivity index (χ3v) is 11.8. The number of imidazole rings is 1. The van der Waals surface area contributed by atoms with Crippen molar-refractivity contribution in [3.8, 4) is 5.75 Å². The van der Waals surface area contributed by atoms with Crippen LogP contribution < -0.4 is 21.1 Å². The second kappa shape index (κ2) is 15.2. The highest BCUT2D eigenvalue weighted by Crippen LogP contribution is 2.39. The topological polar surface area (TPSA) is 145 Å². The molecule has 1 saturated carbocycles. The van der Waals surface area contributed by atoms with Crippen molar-refractivity contribution in [2.75, 3.05) is 32.1 Å². The van der Waals surface area contributed by atoms with Gasteiger partial charge in [0.15, 0.2) is 0 Å². The molecule has 13 nitrogen and oxygen atoms in total. The molecule has 3 aliphatic rings. The molecular weight excluding hydrogens is 729 g/mol. The molecule has 2 saturated heterocycles. The van der Waals surface area contributed by atoms with Gasteiger partial charge >= 0.3 is 5.69 Å². The number of nitrogens with zero attached hydrogens (tertiary/aromatic N) is 6. The van der Waals surface area contributed by atoms with Crippen LogP contribution in [0.5, 0.6) is 5.75 Å². The number of alkyl halides is 3. The summed E-state index contributed by atoms with van der Waals surface area (Å²) in [6.07, 6.45) is 5.04. The molecule has 294 valence electrons. The largest absolute Gasteiger partial charge is 0.494 e. The maximum Gasteiger partial charge on any atom is 0.329 e. The number of imide groups is 1. The van der Waals surface area contributed by atoms with Crippen molar-refractivity contribution in [2.45, 2.75) is 75.5 Å². The first kappa shape index (κ1) is 37.4. The number of anilines is 1. The summed E-state index contributed by atoms with van der Waals surface area (Å²) < 4.78 is 52.9. The Kier molecular flexibility index (Phi) is 10.2. The fraction of sp³-hybridized carbons (Fsp3) is 0.450. The molecule has 3 fully saturated rings. The summed E-state index contributed by atoms with van der Waals surface area (Å²) in [5, 5.41) is 10.7. The van der Waals surface area contributed by atoms with Gasteiger partial charge in [0.1, 0.15) is 18.0 Å². The maximum absolute atomic E-state index is 16.1. The Morgan fingerprint density at radius 3 is 2.59 bits per heavy atom. The lowest BCUT2D eigenvalue weighted by Gasteiger charge is -2.38. The summed E-state index contributed by atoms with van der Waals surface area (Å²) >= 11 is 0. The molecule has 5 aromatic rings. The molecule has 56 heavy (non-hydrogen) atoms. The lowest BCUT2D eigenvalue weighted by Crippen LogP contribution is -2.44. The van der Waals surface area contributed by atoms with Crippen molar-refractivity contribution in [1.29, 1.82) is 0 Å². The van der Waals surface area contributed by atoms with Crippen LogP contribution in [-0.2, 0) is 16.6 Å². The van der Waals surface area contributed by atoms with Gasteiger partial charge in [-0.2, -0.15) is 5.10 Å². The summed E-state index contributed by atoms with van der Waals surface area (Å²) in [5.41, 5.74) is 2.35. The fourth-order valence-corrected chi connectivity index (χ4v) is 8.86. The number of aryl methyl sites for hydroxylation is 1. The molecule has 0 radical (unpaired) electrons. The van der Waals surface area contributed by atoms with Crippen LogP contribution in [0.3, 0.4) is 0 Å². The van der Waals surface area contributed by atoms with Crippen molar-refractivity contribution in [3.63, 3.8) is 0 Å². The van der Waals surface area contributed by atoms with Gasteiger partial charge in [0.25, 0.3) is 12.3 Å². The van der Waals surface area contributed by atoms with Crippen LogP contribution in [0.2, 0.25) is 0 Å². The number of likely N-dealkylation sites (tertiary alicyclic amines) is 1. The zero-order valence-electron chi connectivity index (χ0n) is 31.1. The Morgan fingerprint density at radius 1 is 1.05 bits per heavy atom. The molecule has 16 heteroatoms. The van der Waals surface area contributed by atoms with Crippen LogP contribution in [0, 0.1) is 5.92 Å². The van der Waals surface area contributed by atoms with E-state index in [0.717, 1.165) is 62.0 Å². The van der Waals surface area contributed by atoms with E-state index in [2.05, 4.69) is 20.5 Å². The lowest BCUT2D eigenvalue weighted by atomic mass is 9.83. The van der Waals surface area contributed by atoms with Crippen molar-refractivity contribution in [1.82, 2.24) is 34.1 Å². The summed E-state index contributed by atoms with van der Waals surface area (Å²) in [5.74, 6) is -1.04. The quantitative estimate of drug-likeness (QED) is 0.179. The van der Waals surface area contributed by atoms with Gasteiger partial charge in [-0.1, -0.05) is 12.1 Å². The molecule has 1 aliphatic carbocycles. The predicted molar refractivity (Wildman–Crippen MR) is 202 cm³/mol. The second-order valence-electron chi connectivity index (χ2n) is 15.2. The molecule has 5 heterocycles. The molecule has 3 aromatic heterocycles. The van der Waals surface area contributed by atoms with Gasteiger partial charge in [0.05, 0.1) is 41.0 Å². The molecule has 8 rings (SSSR count). The number of hydrogen-bond acceptors (Lipinski definition) is 8. The Balaban J connectivity index is 0.893. The highest BCUT2D eigenvalue weighted by atomic mass is 19.3. The molecule has 2 aromatic carbocycles. The number of ether oxygens (including phenoxy) is 1. The average Bonchev–Trinajstić information content (AvgIpc) is 3.72. The summed E-state index contributed by atoms with van der Waals surface area (Å²) in [7, 11) is 3.13. The van der Waals surface area contributed by atoms with Crippen molar-refractivity contribution in [2.24, 2.45) is 13.0 Å². The second-order valence-corrected chi connectivity index (χ2v) is 15.2. The molecule has 2 N–H and O–H groups in total. The number of rotatable bonds is 9. The lowest BCUT2D eigenvalue weighted by molar-refractivity contribution is -0.135. The normalized spacial score (nSPS) is 23.5. The third kappa shape index (κ3) is 7.06. The zero-order chi connectivity index (χ0) is 39.2. The van der Waals surface area contributed by atoms with Crippen molar-refractivity contribution >= 4 is 45.3 Å². The standard InChI is InChI=1S/C40H43F3N8O5/c1-48-36-28(4-3-5-32(36)51(40(48)55)33-10-11-35(52)46-39(33)54)27-12-13-49(21-29(27)41)19-22-6-8-26(9-7-22)50-20-25-15-31(34(56-2)16-30(25)47-50)45-38(53)24-14-23(37(42)43)17-44-18-24/h3-5,14-18,20,22,26-27,29,33,37H,6-13,19,21H2,1-2H3,(H,45,53)(H,46,52,54)/t22?,26?,27-,29+,33?/m0/s1. The average molecular weight is 773 g/mol. The van der Waals surface area contributed by atoms with Gasteiger partial charge in [0.2, 0.25) is 11.8 Å². The minimum Gasteiger partial charge on any atom is -0.494 e. The number of pyridine rings is 1. The van der Waals surface area contributed by atoms with Gasteiger partial charge in [-0.15, -0.1) is 0 Å². The Hall–Kier alpha value is -5.51. The van der Waals surface area contributed by atoms with Crippen LogP contribution in [-0.4, -0.2) is 79.4 Å². The van der Waals surface area contributed by atoms with Crippen LogP contribution in [0.1, 0.15) is 90.9 Å². The SMILES string of the molecule is COc1cc2nn(C3CCC(CN4CC[C@@H](c5cccc6c5n(C)c(=O)n6C5CCC(=O)NC5=O)[C@H](F)C4)CC3)cc2cc1NC(=O)c1cncc(C(F)F)c1. The number of aromatic nitrogens is 5. The van der Waals surface area contributed by atoms with E-state index in [9.17, 15) is 28.0 Å². The van der Waals surface area contributed by atoms with E-state index in [1.165, 1.54) is 22.4 Å². The number of benzene rings is 2.